The van der Waals surface area contributed by atoms with Crippen LogP contribution in [0.1, 0.15) is 108 Å². The summed E-state index contributed by atoms with van der Waals surface area (Å²) in [6.45, 7) is 17.4. The smallest absolute Gasteiger partial charge is 0.410 e. The number of aliphatic hydroxyl groups excluding tert-OH is 3. The van der Waals surface area contributed by atoms with Gasteiger partial charge < -0.3 is 89.2 Å². The molecule has 380 valence electrons. The molecule has 2 saturated heterocycles. The van der Waals surface area contributed by atoms with Crippen LogP contribution in [0.25, 0.3) is 0 Å². The highest BCUT2D eigenvalue weighted by atomic mass is 16.7. The van der Waals surface area contributed by atoms with Crippen molar-refractivity contribution in [3.8, 4) is 0 Å². The summed E-state index contributed by atoms with van der Waals surface area (Å²) in [6.07, 6.45) is -7.50. The molecular formula is C44H77N5O17. The number of hydrogen-bond donors (Lipinski definition) is 8. The van der Waals surface area contributed by atoms with Gasteiger partial charge in [-0.15, -0.1) is 0 Å². The van der Waals surface area contributed by atoms with Gasteiger partial charge in [0.25, 0.3) is 11.9 Å². The molecular weight excluding hydrogens is 871 g/mol. The summed E-state index contributed by atoms with van der Waals surface area (Å²) in [6, 6.07) is -3.76. The van der Waals surface area contributed by atoms with E-state index in [0.29, 0.717) is 39.1 Å². The molecule has 0 aromatic rings. The van der Waals surface area contributed by atoms with Gasteiger partial charge in [0.2, 0.25) is 0 Å². The predicted octanol–water partition coefficient (Wildman–Crippen LogP) is 1.64. The maximum atomic E-state index is 13.6. The third-order valence-electron chi connectivity index (χ3n) is 10.7. The van der Waals surface area contributed by atoms with E-state index in [0.717, 1.165) is 24.2 Å². The second kappa shape index (κ2) is 23.5. The minimum absolute atomic E-state index is 0.0499. The number of allylic oxidation sites excluding steroid dienone is 1. The monoisotopic (exact) mass is 948 g/mol. The molecule has 0 aromatic heterocycles. The van der Waals surface area contributed by atoms with Gasteiger partial charge in [0.15, 0.2) is 18.7 Å². The summed E-state index contributed by atoms with van der Waals surface area (Å²) in [5.41, 5.74) is -4.53. The maximum absolute atomic E-state index is 13.6. The molecule has 0 radical (unpaired) electrons. The van der Waals surface area contributed by atoms with Gasteiger partial charge in [-0.05, 0) is 114 Å². The van der Waals surface area contributed by atoms with E-state index in [1.54, 1.807) is 68.4 Å². The highest BCUT2D eigenvalue weighted by Crippen LogP contribution is 2.35. The van der Waals surface area contributed by atoms with Crippen molar-refractivity contribution in [3.63, 3.8) is 0 Å². The summed E-state index contributed by atoms with van der Waals surface area (Å²) in [4.78, 5) is 53.6. The van der Waals surface area contributed by atoms with Gasteiger partial charge in [0.1, 0.15) is 52.9 Å². The van der Waals surface area contributed by atoms with E-state index in [-0.39, 0.29) is 24.8 Å². The summed E-state index contributed by atoms with van der Waals surface area (Å²) in [5.74, 6) is -0.956. The largest absolute Gasteiger partial charge is 0.461 e. The molecule has 3 aliphatic heterocycles. The Kier molecular flexibility index (Phi) is 19.5. The van der Waals surface area contributed by atoms with Gasteiger partial charge in [0.05, 0.1) is 37.9 Å². The van der Waals surface area contributed by atoms with E-state index in [2.05, 4.69) is 21.3 Å². The van der Waals surface area contributed by atoms with Gasteiger partial charge in [-0.25, -0.2) is 14.4 Å². The molecule has 8 N–H and O–H groups in total. The number of amides is 4. The number of likely N-dealkylation sites (N-methyl/N-ethyl adjacent to an activating group) is 1. The van der Waals surface area contributed by atoms with Crippen molar-refractivity contribution in [2.24, 2.45) is 0 Å². The SMILES string of the molecule is CN(C(=O)OC(C)(C)C)[C@@H]1C(O)[C@@H](OC2C(O)C(OC3=CCC[C@@H](CNCCOC4CCCCO4)O3)[C@@H](NC(=O)OC(C)(C)C)C[C@H]2NC(=O)[C@@H](O)CNC(=O)OC(C)(C)C)OCC1(C)O. The molecule has 1 aliphatic carbocycles. The highest BCUT2D eigenvalue weighted by molar-refractivity contribution is 5.82. The van der Waals surface area contributed by atoms with Gasteiger partial charge in [-0.3, -0.25) is 4.79 Å². The Balaban J connectivity index is 1.60. The molecule has 4 aliphatic rings. The first kappa shape index (κ1) is 54.9. The standard InChI is InChI=1S/C44H77N5O17/c1-41(2,3)64-38(54)46-23-28(50)36(53)47-26-21-27(48-39(55)65-42(4,5)6)33(62-30-17-14-15-25(61-30)22-45-18-20-59-29-16-12-13-19-58-29)31(51)34(26)63-37-32(52)35(44(10,57)24-60-37)49(11)40(56)66-43(7,8)9/h17,25-29,31-35,37,45,50-52,57H,12-16,18-24H2,1-11H3,(H,46,54)(H,47,53)(H,48,55)/t25-,26+,27-,28-,29?,31?,32?,33?,34?,35+,37+,44?/m0/s1. The first-order chi connectivity index (χ1) is 30.6. The Hall–Kier alpha value is -3.74. The third kappa shape index (κ3) is 17.4. The average Bonchev–Trinajstić information content (AvgIpc) is 3.18. The zero-order valence-corrected chi connectivity index (χ0v) is 40.5. The van der Waals surface area contributed by atoms with Crippen LogP contribution in [0.5, 0.6) is 0 Å². The van der Waals surface area contributed by atoms with Crippen LogP contribution < -0.4 is 21.3 Å². The quantitative estimate of drug-likeness (QED) is 0.0806. The van der Waals surface area contributed by atoms with E-state index in [9.17, 15) is 39.6 Å². The first-order valence-corrected chi connectivity index (χ1v) is 22.9. The van der Waals surface area contributed by atoms with Crippen molar-refractivity contribution >= 4 is 24.2 Å². The summed E-state index contributed by atoms with van der Waals surface area (Å²) in [7, 11) is 1.34. The Labute approximate surface area is 388 Å². The molecule has 0 spiro atoms. The van der Waals surface area contributed by atoms with Gasteiger partial charge in [0, 0.05) is 26.7 Å². The molecule has 4 rings (SSSR count). The lowest BCUT2D eigenvalue weighted by Gasteiger charge is -2.50. The number of nitrogens with zero attached hydrogens (tertiary/aromatic N) is 1. The molecule has 0 aromatic carbocycles. The number of nitrogens with one attached hydrogen (secondary N) is 4. The molecule has 22 heteroatoms. The lowest BCUT2D eigenvalue weighted by molar-refractivity contribution is -0.307. The summed E-state index contributed by atoms with van der Waals surface area (Å²) >= 11 is 0. The van der Waals surface area contributed by atoms with Crippen molar-refractivity contribution in [2.75, 3.05) is 46.5 Å². The fraction of sp³-hybridized carbons (Fsp3) is 0.864. The second-order valence-corrected chi connectivity index (χ2v) is 20.5. The molecule has 22 nitrogen and oxygen atoms in total. The number of ether oxygens (including phenoxy) is 9. The molecule has 3 heterocycles. The Morgan fingerprint density at radius 3 is 2.17 bits per heavy atom. The lowest BCUT2D eigenvalue weighted by atomic mass is 9.83. The van der Waals surface area contributed by atoms with E-state index in [1.165, 1.54) is 14.0 Å². The topological polar surface area (TPSA) is 284 Å². The normalized spacial score (nSPS) is 31.2. The van der Waals surface area contributed by atoms with Crippen molar-refractivity contribution < 1.29 is 82.2 Å². The van der Waals surface area contributed by atoms with Crippen molar-refractivity contribution in [1.29, 1.82) is 0 Å². The number of rotatable bonds is 16. The van der Waals surface area contributed by atoms with E-state index in [1.807, 2.05) is 0 Å². The lowest BCUT2D eigenvalue weighted by Crippen LogP contribution is -2.70. The average molecular weight is 948 g/mol. The molecule has 1 saturated carbocycles. The first-order valence-electron chi connectivity index (χ1n) is 22.9. The Morgan fingerprint density at radius 2 is 1.53 bits per heavy atom. The van der Waals surface area contributed by atoms with E-state index in [4.69, 9.17) is 42.6 Å². The predicted molar refractivity (Wildman–Crippen MR) is 234 cm³/mol. The number of carbonyl (C=O) groups excluding carboxylic acids is 4. The molecule has 66 heavy (non-hydrogen) atoms. The van der Waals surface area contributed by atoms with Crippen molar-refractivity contribution in [3.05, 3.63) is 12.0 Å². The van der Waals surface area contributed by atoms with Crippen molar-refractivity contribution in [2.45, 2.75) is 197 Å². The van der Waals surface area contributed by atoms with E-state index < -0.39 is 115 Å². The van der Waals surface area contributed by atoms with Crippen LogP contribution in [-0.2, 0) is 47.4 Å². The second-order valence-electron chi connectivity index (χ2n) is 20.5. The number of carbonyl (C=O) groups is 4. The molecule has 4 amide bonds. The minimum atomic E-state index is -1.83. The Bertz CT molecular complexity index is 1620. The van der Waals surface area contributed by atoms with Crippen LogP contribution in [-0.4, -0.2) is 186 Å². The fourth-order valence-corrected chi connectivity index (χ4v) is 7.84. The molecule has 3 fully saturated rings. The van der Waals surface area contributed by atoms with Crippen LogP contribution >= 0.6 is 0 Å². The molecule has 0 bridgehead atoms. The van der Waals surface area contributed by atoms with E-state index >= 15 is 0 Å². The van der Waals surface area contributed by atoms with Crippen LogP contribution in [0, 0.1) is 0 Å². The van der Waals surface area contributed by atoms with Crippen LogP contribution in [0.2, 0.25) is 0 Å². The van der Waals surface area contributed by atoms with Crippen LogP contribution in [0.3, 0.4) is 0 Å². The van der Waals surface area contributed by atoms with Crippen molar-refractivity contribution in [1.82, 2.24) is 26.2 Å². The summed E-state index contributed by atoms with van der Waals surface area (Å²) in [5, 5.41) is 57.5. The zero-order valence-electron chi connectivity index (χ0n) is 40.5. The highest BCUT2D eigenvalue weighted by Gasteiger charge is 2.55. The molecule has 12 atom stereocenters. The zero-order chi connectivity index (χ0) is 49.2. The fourth-order valence-electron chi connectivity index (χ4n) is 7.84. The number of aliphatic hydroxyl groups is 4. The van der Waals surface area contributed by atoms with Gasteiger partial charge >= 0.3 is 18.3 Å². The van der Waals surface area contributed by atoms with Gasteiger partial charge in [-0.2, -0.15) is 0 Å². The minimum Gasteiger partial charge on any atom is -0.461 e. The number of alkyl carbamates (subject to hydrolysis) is 2. The third-order valence-corrected chi connectivity index (χ3v) is 10.7. The van der Waals surface area contributed by atoms with Crippen LogP contribution in [0.4, 0.5) is 14.4 Å². The van der Waals surface area contributed by atoms with Crippen LogP contribution in [0.15, 0.2) is 12.0 Å². The van der Waals surface area contributed by atoms with Gasteiger partial charge in [-0.1, -0.05) is 0 Å². The summed E-state index contributed by atoms with van der Waals surface area (Å²) < 4.78 is 52.5. The maximum Gasteiger partial charge on any atom is 0.410 e. The Morgan fingerprint density at radius 1 is 0.879 bits per heavy atom. The molecule has 6 unspecified atom stereocenters. The number of hydrogen-bond acceptors (Lipinski definition) is 18.